The molecule has 0 fully saturated rings. The maximum Gasteiger partial charge on any atom is 0.341 e. The van der Waals surface area contributed by atoms with Gasteiger partial charge in [0.05, 0.1) is 18.3 Å². The molecule has 1 aliphatic carbocycles. The average molecular weight is 464 g/mol. The third-order valence-corrected chi connectivity index (χ3v) is 6.66. The topological polar surface area (TPSA) is 64.6 Å². The van der Waals surface area contributed by atoms with Gasteiger partial charge in [-0.2, -0.15) is 0 Å². The van der Waals surface area contributed by atoms with E-state index in [1.807, 2.05) is 32.9 Å². The molecule has 31 heavy (non-hydrogen) atoms. The molecule has 1 heterocycles. The van der Waals surface area contributed by atoms with Crippen molar-refractivity contribution in [3.05, 3.63) is 44.8 Å². The van der Waals surface area contributed by atoms with E-state index in [0.29, 0.717) is 41.0 Å². The maximum absolute atomic E-state index is 12.7. The monoisotopic (exact) mass is 463 g/mol. The molecule has 1 aliphatic rings. The second kappa shape index (κ2) is 10.5. The van der Waals surface area contributed by atoms with Gasteiger partial charge in [0.15, 0.2) is 0 Å². The van der Waals surface area contributed by atoms with Gasteiger partial charge in [0, 0.05) is 16.3 Å². The number of fused-ring (bicyclic) bond motifs is 1. The SMILES string of the molecule is Cc1cc(Cl)ccc1OCCCC(=O)Nc1sc2c(c1C(=O)OC(C)C)CC[C@@H](C)C2. The van der Waals surface area contributed by atoms with Gasteiger partial charge < -0.3 is 14.8 Å². The molecule has 0 bridgehead atoms. The summed E-state index contributed by atoms with van der Waals surface area (Å²) in [7, 11) is 0. The predicted octanol–water partition coefficient (Wildman–Crippen LogP) is 6.20. The summed E-state index contributed by atoms with van der Waals surface area (Å²) in [6.07, 6.45) is 3.50. The normalized spacial score (nSPS) is 15.5. The first-order chi connectivity index (χ1) is 14.7. The lowest BCUT2D eigenvalue weighted by Gasteiger charge is -2.18. The number of esters is 1. The number of aryl methyl sites for hydroxylation is 1. The minimum Gasteiger partial charge on any atom is -0.493 e. The van der Waals surface area contributed by atoms with E-state index < -0.39 is 0 Å². The Morgan fingerprint density at radius 1 is 1.32 bits per heavy atom. The Bertz CT molecular complexity index is 953. The molecule has 1 amide bonds. The number of nitrogens with one attached hydrogen (secondary N) is 1. The molecule has 168 valence electrons. The van der Waals surface area contributed by atoms with Crippen LogP contribution in [0.1, 0.15) is 66.4 Å². The molecule has 0 radical (unpaired) electrons. The van der Waals surface area contributed by atoms with Crippen LogP contribution in [0.2, 0.25) is 5.02 Å². The summed E-state index contributed by atoms with van der Waals surface area (Å²) in [5, 5.41) is 4.25. The first-order valence-electron chi connectivity index (χ1n) is 10.8. The second-order valence-corrected chi connectivity index (χ2v) is 9.96. The Morgan fingerprint density at radius 2 is 2.10 bits per heavy atom. The molecule has 1 aromatic heterocycles. The van der Waals surface area contributed by atoms with Crippen LogP contribution in [0.15, 0.2) is 18.2 Å². The van der Waals surface area contributed by atoms with Gasteiger partial charge >= 0.3 is 5.97 Å². The number of benzene rings is 1. The van der Waals surface area contributed by atoms with Gasteiger partial charge in [0.25, 0.3) is 0 Å². The number of amides is 1. The summed E-state index contributed by atoms with van der Waals surface area (Å²) in [6, 6.07) is 5.47. The second-order valence-electron chi connectivity index (χ2n) is 8.42. The van der Waals surface area contributed by atoms with Crippen molar-refractivity contribution in [2.24, 2.45) is 5.92 Å². The lowest BCUT2D eigenvalue weighted by molar-refractivity contribution is -0.116. The number of hydrogen-bond donors (Lipinski definition) is 1. The smallest absolute Gasteiger partial charge is 0.341 e. The van der Waals surface area contributed by atoms with Crippen LogP contribution in [0.4, 0.5) is 5.00 Å². The Morgan fingerprint density at radius 3 is 2.81 bits per heavy atom. The van der Waals surface area contributed by atoms with E-state index in [2.05, 4.69) is 12.2 Å². The number of anilines is 1. The Kier molecular flexibility index (Phi) is 8.00. The van der Waals surface area contributed by atoms with Crippen LogP contribution in [0, 0.1) is 12.8 Å². The van der Waals surface area contributed by atoms with Gasteiger partial charge in [-0.3, -0.25) is 4.79 Å². The van der Waals surface area contributed by atoms with Crippen molar-refractivity contribution in [3.63, 3.8) is 0 Å². The quantitative estimate of drug-likeness (QED) is 0.374. The third-order valence-electron chi connectivity index (χ3n) is 5.25. The highest BCUT2D eigenvalue weighted by Gasteiger charge is 2.29. The minimum atomic E-state index is -0.348. The van der Waals surface area contributed by atoms with Crippen LogP contribution < -0.4 is 10.1 Å². The maximum atomic E-state index is 12.7. The molecular weight excluding hydrogens is 434 g/mol. The molecule has 1 aromatic carbocycles. The Balaban J connectivity index is 1.61. The van der Waals surface area contributed by atoms with Gasteiger partial charge in [0.2, 0.25) is 5.91 Å². The zero-order valence-corrected chi connectivity index (χ0v) is 20.1. The molecule has 0 saturated heterocycles. The molecule has 0 spiro atoms. The van der Waals surface area contributed by atoms with E-state index >= 15 is 0 Å². The molecule has 1 N–H and O–H groups in total. The lowest BCUT2D eigenvalue weighted by Crippen LogP contribution is -2.18. The summed E-state index contributed by atoms with van der Waals surface area (Å²) < 4.78 is 11.2. The molecule has 5 nitrogen and oxygen atoms in total. The fourth-order valence-corrected chi connectivity index (χ4v) is 5.35. The van der Waals surface area contributed by atoms with Crippen LogP contribution in [0.5, 0.6) is 5.75 Å². The molecular formula is C24H30ClNO4S. The van der Waals surface area contributed by atoms with Gasteiger partial charge in [-0.25, -0.2) is 4.79 Å². The van der Waals surface area contributed by atoms with E-state index in [-0.39, 0.29) is 18.0 Å². The van der Waals surface area contributed by atoms with Crippen molar-refractivity contribution >= 4 is 39.8 Å². The van der Waals surface area contributed by atoms with Crippen molar-refractivity contribution in [3.8, 4) is 5.75 Å². The predicted molar refractivity (Wildman–Crippen MR) is 126 cm³/mol. The average Bonchev–Trinajstić information content (AvgIpc) is 3.02. The number of ether oxygens (including phenoxy) is 2. The van der Waals surface area contributed by atoms with E-state index in [1.54, 1.807) is 6.07 Å². The van der Waals surface area contributed by atoms with Gasteiger partial charge in [-0.05, 0) is 81.7 Å². The Labute approximate surface area is 193 Å². The van der Waals surface area contributed by atoms with Crippen LogP contribution in [0.3, 0.4) is 0 Å². The molecule has 0 saturated carbocycles. The van der Waals surface area contributed by atoms with Gasteiger partial charge in [-0.15, -0.1) is 11.3 Å². The summed E-state index contributed by atoms with van der Waals surface area (Å²) in [6.45, 7) is 8.25. The summed E-state index contributed by atoms with van der Waals surface area (Å²) in [4.78, 5) is 26.5. The molecule has 1 atom stereocenters. The summed E-state index contributed by atoms with van der Waals surface area (Å²) in [5.74, 6) is 0.876. The number of hydrogen-bond acceptors (Lipinski definition) is 5. The van der Waals surface area contributed by atoms with E-state index in [4.69, 9.17) is 21.1 Å². The summed E-state index contributed by atoms with van der Waals surface area (Å²) in [5.41, 5.74) is 2.55. The largest absolute Gasteiger partial charge is 0.493 e. The number of carbonyl (C=O) groups is 2. The van der Waals surface area contributed by atoms with Crippen molar-refractivity contribution in [2.75, 3.05) is 11.9 Å². The van der Waals surface area contributed by atoms with Crippen LogP contribution in [0.25, 0.3) is 0 Å². The van der Waals surface area contributed by atoms with Gasteiger partial charge in [0.1, 0.15) is 10.8 Å². The van der Waals surface area contributed by atoms with Crippen LogP contribution >= 0.6 is 22.9 Å². The van der Waals surface area contributed by atoms with Crippen molar-refractivity contribution in [1.29, 1.82) is 0 Å². The van der Waals surface area contributed by atoms with E-state index in [9.17, 15) is 9.59 Å². The number of rotatable bonds is 8. The summed E-state index contributed by atoms with van der Waals surface area (Å²) >= 11 is 7.48. The van der Waals surface area contributed by atoms with Crippen LogP contribution in [-0.2, 0) is 22.4 Å². The highest BCUT2D eigenvalue weighted by molar-refractivity contribution is 7.17. The number of carbonyl (C=O) groups excluding carboxylic acids is 2. The zero-order chi connectivity index (χ0) is 22.5. The molecule has 0 aliphatic heterocycles. The van der Waals surface area contributed by atoms with Crippen molar-refractivity contribution in [1.82, 2.24) is 0 Å². The number of halogens is 1. The fraction of sp³-hybridized carbons (Fsp3) is 0.500. The standard InChI is InChI=1S/C24H30ClNO4S/c1-14(2)30-24(28)22-18-9-7-15(3)12-20(18)31-23(22)26-21(27)6-5-11-29-19-10-8-17(25)13-16(19)4/h8,10,13-15H,5-7,9,11-12H2,1-4H3,(H,26,27)/t15-/m1/s1. The van der Waals surface area contributed by atoms with Gasteiger partial charge in [-0.1, -0.05) is 18.5 Å². The van der Waals surface area contributed by atoms with E-state index in [1.165, 1.54) is 16.2 Å². The highest BCUT2D eigenvalue weighted by atomic mass is 35.5. The van der Waals surface area contributed by atoms with Crippen molar-refractivity contribution in [2.45, 2.75) is 65.9 Å². The molecule has 3 rings (SSSR count). The van der Waals surface area contributed by atoms with E-state index in [0.717, 1.165) is 36.1 Å². The zero-order valence-electron chi connectivity index (χ0n) is 18.5. The first-order valence-corrected chi connectivity index (χ1v) is 12.0. The van der Waals surface area contributed by atoms with Crippen LogP contribution in [-0.4, -0.2) is 24.6 Å². The number of thiophene rings is 1. The molecule has 2 aromatic rings. The van der Waals surface area contributed by atoms with Crippen molar-refractivity contribution < 1.29 is 19.1 Å². The minimum absolute atomic E-state index is 0.123. The molecule has 7 heteroatoms. The lowest BCUT2D eigenvalue weighted by atomic mass is 9.88. The fourth-order valence-electron chi connectivity index (χ4n) is 3.71. The first kappa shape index (κ1) is 23.6. The third kappa shape index (κ3) is 6.23. The Hall–Kier alpha value is -2.05. The highest BCUT2D eigenvalue weighted by Crippen LogP contribution is 2.40. The molecule has 0 unspecified atom stereocenters.